The van der Waals surface area contributed by atoms with Crippen molar-refractivity contribution in [3.63, 3.8) is 0 Å². The highest BCUT2D eigenvalue weighted by molar-refractivity contribution is 4.75. The average molecular weight is 240 g/mol. The van der Waals surface area contributed by atoms with E-state index in [4.69, 9.17) is 14.2 Å². The molecule has 0 amide bonds. The van der Waals surface area contributed by atoms with Crippen LogP contribution in [-0.4, -0.2) is 25.3 Å². The van der Waals surface area contributed by atoms with Gasteiger partial charge in [0.2, 0.25) is 0 Å². The molecule has 0 aliphatic carbocycles. The van der Waals surface area contributed by atoms with Crippen LogP contribution in [0.25, 0.3) is 0 Å². The van der Waals surface area contributed by atoms with Crippen molar-refractivity contribution in [1.82, 2.24) is 0 Å². The molecule has 0 saturated carbocycles. The van der Waals surface area contributed by atoms with Crippen LogP contribution in [0.4, 0.5) is 0 Å². The summed E-state index contributed by atoms with van der Waals surface area (Å²) in [7, 11) is 0. The van der Waals surface area contributed by atoms with Crippen LogP contribution in [0.1, 0.15) is 39.0 Å². The molecule has 1 rings (SSSR count). The molecule has 0 aromatic rings. The zero-order valence-corrected chi connectivity index (χ0v) is 10.8. The Morgan fingerprint density at radius 3 is 2.53 bits per heavy atom. The van der Waals surface area contributed by atoms with Gasteiger partial charge in [-0.2, -0.15) is 0 Å². The Labute approximate surface area is 104 Å². The number of rotatable bonds is 8. The van der Waals surface area contributed by atoms with E-state index in [1.54, 1.807) is 0 Å². The maximum Gasteiger partial charge on any atom is 0.163 e. The van der Waals surface area contributed by atoms with E-state index in [1.807, 2.05) is 19.1 Å². The first kappa shape index (κ1) is 14.4. The van der Waals surface area contributed by atoms with E-state index in [-0.39, 0.29) is 18.7 Å². The molecule has 0 aromatic carbocycles. The van der Waals surface area contributed by atoms with Gasteiger partial charge in [-0.3, -0.25) is 0 Å². The highest BCUT2D eigenvalue weighted by Crippen LogP contribution is 2.25. The SMILES string of the molecule is C=CCC[C@H]1C[C@H](OCC)O[C@@H](CCC=C)O1. The van der Waals surface area contributed by atoms with Crippen LogP contribution in [0.15, 0.2) is 25.3 Å². The molecular formula is C14H24O3. The number of hydrogen-bond acceptors (Lipinski definition) is 3. The molecule has 1 fully saturated rings. The molecule has 1 heterocycles. The first-order chi connectivity index (χ1) is 8.30. The monoisotopic (exact) mass is 240 g/mol. The van der Waals surface area contributed by atoms with Gasteiger partial charge in [-0.25, -0.2) is 0 Å². The lowest BCUT2D eigenvalue weighted by Crippen LogP contribution is -2.39. The Hall–Kier alpha value is -0.640. The smallest absolute Gasteiger partial charge is 0.163 e. The second-order valence-electron chi connectivity index (χ2n) is 4.18. The lowest BCUT2D eigenvalue weighted by molar-refractivity contribution is -0.307. The fourth-order valence-electron chi connectivity index (χ4n) is 1.91. The van der Waals surface area contributed by atoms with Gasteiger partial charge in [0, 0.05) is 19.4 Å². The molecule has 0 bridgehead atoms. The summed E-state index contributed by atoms with van der Waals surface area (Å²) in [5, 5.41) is 0. The zero-order valence-electron chi connectivity index (χ0n) is 10.8. The summed E-state index contributed by atoms with van der Waals surface area (Å²) in [5.74, 6) is 0. The Balaban J connectivity index is 2.42. The Kier molecular flexibility index (Phi) is 7.17. The molecule has 1 aliphatic heterocycles. The number of hydrogen-bond donors (Lipinski definition) is 0. The first-order valence-corrected chi connectivity index (χ1v) is 6.44. The van der Waals surface area contributed by atoms with Gasteiger partial charge < -0.3 is 14.2 Å². The van der Waals surface area contributed by atoms with Crippen molar-refractivity contribution in [2.75, 3.05) is 6.61 Å². The molecule has 1 aliphatic rings. The van der Waals surface area contributed by atoms with E-state index >= 15 is 0 Å². The summed E-state index contributed by atoms with van der Waals surface area (Å²) >= 11 is 0. The summed E-state index contributed by atoms with van der Waals surface area (Å²) in [6.07, 6.45) is 8.25. The molecule has 3 atom stereocenters. The minimum absolute atomic E-state index is 0.126. The Morgan fingerprint density at radius 1 is 1.18 bits per heavy atom. The molecule has 0 radical (unpaired) electrons. The molecule has 1 saturated heterocycles. The molecule has 0 N–H and O–H groups in total. The van der Waals surface area contributed by atoms with Crippen LogP contribution < -0.4 is 0 Å². The zero-order chi connectivity index (χ0) is 12.5. The lowest BCUT2D eigenvalue weighted by atomic mass is 10.1. The Morgan fingerprint density at radius 2 is 1.88 bits per heavy atom. The summed E-state index contributed by atoms with van der Waals surface area (Å²) in [5.41, 5.74) is 0. The van der Waals surface area contributed by atoms with Crippen molar-refractivity contribution in [3.8, 4) is 0 Å². The van der Waals surface area contributed by atoms with E-state index < -0.39 is 0 Å². The molecule has 3 nitrogen and oxygen atoms in total. The van der Waals surface area contributed by atoms with E-state index in [0.717, 1.165) is 32.1 Å². The van der Waals surface area contributed by atoms with E-state index in [0.29, 0.717) is 6.61 Å². The molecule has 0 unspecified atom stereocenters. The van der Waals surface area contributed by atoms with Crippen LogP contribution in [-0.2, 0) is 14.2 Å². The van der Waals surface area contributed by atoms with Crippen LogP contribution in [0.5, 0.6) is 0 Å². The van der Waals surface area contributed by atoms with Crippen molar-refractivity contribution in [3.05, 3.63) is 25.3 Å². The standard InChI is InChI=1S/C14H24O3/c1-4-7-9-12-11-14(15-6-3)17-13(16-12)10-8-5-2/h4-5,12-14H,1-2,6-11H2,3H3/t12-,13-,14+/m0/s1. The third-order valence-electron chi connectivity index (χ3n) is 2.75. The van der Waals surface area contributed by atoms with Crippen molar-refractivity contribution in [2.24, 2.45) is 0 Å². The second kappa shape index (κ2) is 8.45. The molecule has 17 heavy (non-hydrogen) atoms. The minimum atomic E-state index is -0.159. The third-order valence-corrected chi connectivity index (χ3v) is 2.75. The molecule has 0 aromatic heterocycles. The summed E-state index contributed by atoms with van der Waals surface area (Å²) < 4.78 is 17.1. The summed E-state index contributed by atoms with van der Waals surface area (Å²) in [4.78, 5) is 0. The highest BCUT2D eigenvalue weighted by Gasteiger charge is 2.29. The lowest BCUT2D eigenvalue weighted by Gasteiger charge is -2.35. The summed E-state index contributed by atoms with van der Waals surface area (Å²) in [6.45, 7) is 10.1. The Bertz CT molecular complexity index is 208. The molecule has 98 valence electrons. The second-order valence-corrected chi connectivity index (χ2v) is 4.18. The van der Waals surface area contributed by atoms with Gasteiger partial charge >= 0.3 is 0 Å². The normalized spacial score (nSPS) is 28.9. The number of allylic oxidation sites excluding steroid dienone is 2. The topological polar surface area (TPSA) is 27.7 Å². The van der Waals surface area contributed by atoms with Gasteiger partial charge in [-0.1, -0.05) is 12.2 Å². The first-order valence-electron chi connectivity index (χ1n) is 6.44. The number of ether oxygens (including phenoxy) is 3. The fraction of sp³-hybridized carbons (Fsp3) is 0.714. The predicted molar refractivity (Wildman–Crippen MR) is 68.6 cm³/mol. The maximum atomic E-state index is 5.87. The van der Waals surface area contributed by atoms with Gasteiger partial charge in [-0.05, 0) is 26.2 Å². The van der Waals surface area contributed by atoms with E-state index in [2.05, 4.69) is 13.2 Å². The third kappa shape index (κ3) is 5.48. The average Bonchev–Trinajstić information content (AvgIpc) is 2.34. The molecular weight excluding hydrogens is 216 g/mol. The predicted octanol–water partition coefficient (Wildman–Crippen LogP) is 3.41. The van der Waals surface area contributed by atoms with Crippen molar-refractivity contribution >= 4 is 0 Å². The van der Waals surface area contributed by atoms with Crippen LogP contribution >= 0.6 is 0 Å². The van der Waals surface area contributed by atoms with Crippen molar-refractivity contribution in [2.45, 2.75) is 57.7 Å². The quantitative estimate of drug-likeness (QED) is 0.608. The molecule has 0 spiro atoms. The molecule has 3 heteroatoms. The van der Waals surface area contributed by atoms with Crippen molar-refractivity contribution in [1.29, 1.82) is 0 Å². The minimum Gasteiger partial charge on any atom is -0.353 e. The van der Waals surface area contributed by atoms with Gasteiger partial charge in [0.05, 0.1) is 6.10 Å². The van der Waals surface area contributed by atoms with E-state index in [9.17, 15) is 0 Å². The van der Waals surface area contributed by atoms with Crippen LogP contribution in [0.3, 0.4) is 0 Å². The van der Waals surface area contributed by atoms with Gasteiger partial charge in [0.15, 0.2) is 12.6 Å². The van der Waals surface area contributed by atoms with Crippen LogP contribution in [0.2, 0.25) is 0 Å². The van der Waals surface area contributed by atoms with E-state index in [1.165, 1.54) is 0 Å². The van der Waals surface area contributed by atoms with Gasteiger partial charge in [-0.15, -0.1) is 13.2 Å². The van der Waals surface area contributed by atoms with Crippen LogP contribution in [0, 0.1) is 0 Å². The maximum absolute atomic E-state index is 5.87. The van der Waals surface area contributed by atoms with Gasteiger partial charge in [0.1, 0.15) is 0 Å². The van der Waals surface area contributed by atoms with Crippen molar-refractivity contribution < 1.29 is 14.2 Å². The van der Waals surface area contributed by atoms with Gasteiger partial charge in [0.25, 0.3) is 0 Å². The fourth-order valence-corrected chi connectivity index (χ4v) is 1.91. The highest BCUT2D eigenvalue weighted by atomic mass is 16.8. The summed E-state index contributed by atoms with van der Waals surface area (Å²) in [6, 6.07) is 0. The largest absolute Gasteiger partial charge is 0.353 e.